The predicted molar refractivity (Wildman–Crippen MR) is 11.6 cm³/mol. The third kappa shape index (κ3) is 22.9. The van der Waals surface area contributed by atoms with E-state index in [1.165, 1.54) is 0 Å². The van der Waals surface area contributed by atoms with Gasteiger partial charge in [-0.3, -0.25) is 0 Å². The summed E-state index contributed by atoms with van der Waals surface area (Å²) in [5.41, 5.74) is 0. The van der Waals surface area contributed by atoms with Gasteiger partial charge in [0, 0.05) is 0 Å². The van der Waals surface area contributed by atoms with Crippen LogP contribution in [0.1, 0.15) is 0 Å². The van der Waals surface area contributed by atoms with Gasteiger partial charge in [0.05, 0.1) is 0 Å². The molecule has 0 amide bonds. The van der Waals surface area contributed by atoms with Crippen molar-refractivity contribution in [3.8, 4) is 0 Å². The van der Waals surface area contributed by atoms with Gasteiger partial charge >= 0.3 is 48.3 Å². The Balaban J connectivity index is -0.00000000167. The second-order valence-electron chi connectivity index (χ2n) is 0. The van der Waals surface area contributed by atoms with Crippen LogP contribution in [0.3, 0.4) is 0 Å². The summed E-state index contributed by atoms with van der Waals surface area (Å²) in [4.78, 5) is 0. The molecule has 0 unspecified atom stereocenters. The zero-order valence-electron chi connectivity index (χ0n) is 2.19. The van der Waals surface area contributed by atoms with Crippen molar-refractivity contribution >= 4 is 33.2 Å². The fourth-order valence-electron chi connectivity index (χ4n) is 0. The number of hydrogen-bond acceptors (Lipinski definition) is 0. The molecule has 0 aromatic rings. The van der Waals surface area contributed by atoms with Crippen molar-refractivity contribution in [3.05, 3.63) is 0 Å². The number of rotatable bonds is 0. The van der Waals surface area contributed by atoms with Crippen LogP contribution >= 0.6 is 10.1 Å². The molecule has 0 aliphatic carbocycles. The van der Waals surface area contributed by atoms with Gasteiger partial charge in [-0.05, 0) is 0 Å². The summed E-state index contributed by atoms with van der Waals surface area (Å²) in [7, 11) is 4.39. The Bertz CT molecular complexity index is 6.85. The van der Waals surface area contributed by atoms with Gasteiger partial charge in [-0.15, -0.1) is 0 Å². The molecule has 0 aromatic carbocycles. The van der Waals surface area contributed by atoms with Gasteiger partial charge in [-0.2, -0.15) is 0 Å². The molecule has 0 saturated heterocycles. The maximum Gasteiger partial charge on any atom is 2.00 e. The van der Waals surface area contributed by atoms with E-state index in [0.29, 0.717) is 0 Å². The van der Waals surface area contributed by atoms with Gasteiger partial charge in [-0.25, -0.2) is 0 Å². The molecule has 5 heteroatoms. The van der Waals surface area contributed by atoms with Crippen LogP contribution in [0.15, 0.2) is 0 Å². The summed E-state index contributed by atoms with van der Waals surface area (Å²) in [5, 5.41) is 0. The molecule has 31 valence electrons. The second-order valence-corrected chi connectivity index (χ2v) is 0. The molecular formula is Cl3FeMg. The summed E-state index contributed by atoms with van der Waals surface area (Å²) >= 11 is 2.72. The quantitative estimate of drug-likeness (QED) is 0.331. The molecule has 0 atom stereocenters. The van der Waals surface area contributed by atoms with E-state index in [1.807, 2.05) is 0 Å². The monoisotopic (exact) mass is 185 g/mol. The predicted octanol–water partition coefficient (Wildman–Crippen LogP) is -5.69. The maximum absolute atomic E-state index is 4.39. The number of hydrogen-bond donors (Lipinski definition) is 0. The van der Waals surface area contributed by atoms with E-state index in [1.54, 1.807) is 0 Å². The molecule has 0 radical (unpaired) electrons. The van der Waals surface area contributed by atoms with Gasteiger partial charge in [0.2, 0.25) is 0 Å². The third-order valence-electron chi connectivity index (χ3n) is 0. The molecule has 0 saturated carbocycles. The summed E-state index contributed by atoms with van der Waals surface area (Å²) < 4.78 is 0. The molecule has 0 nitrogen and oxygen atoms in total. The second kappa shape index (κ2) is 35.2. The molecule has 0 N–H and O–H groups in total. The minimum Gasteiger partial charge on any atom is 2.00 e. The molecule has 0 aromatic heterocycles. The standard InChI is InChI=1S/3ClH.Fe.Mg/h3*1H;;/q;;;+1;+2/p-3. The summed E-state index contributed by atoms with van der Waals surface area (Å²) in [6, 6.07) is 0. The maximum atomic E-state index is 4.39. The normalized spacial score (nSPS) is 1.20. The third-order valence-corrected chi connectivity index (χ3v) is 0. The van der Waals surface area contributed by atoms with Crippen LogP contribution in [0.5, 0.6) is 0 Å². The Labute approximate surface area is 72.4 Å². The van der Waals surface area contributed by atoms with Crippen LogP contribution < -0.4 is 24.8 Å². The van der Waals surface area contributed by atoms with E-state index in [2.05, 4.69) is 25.2 Å². The molecule has 0 spiro atoms. The van der Waals surface area contributed by atoms with Crippen LogP contribution in [0.25, 0.3) is 0 Å². The van der Waals surface area contributed by atoms with Crippen molar-refractivity contribution < 1.29 is 39.9 Å². The number of halogens is 3. The Morgan fingerprint density at radius 3 is 1.00 bits per heavy atom. The first-order valence-corrected chi connectivity index (χ1v) is 1.65. The Morgan fingerprint density at radius 1 is 1.00 bits per heavy atom. The van der Waals surface area contributed by atoms with Gasteiger partial charge in [0.1, 0.15) is 0 Å². The summed E-state index contributed by atoms with van der Waals surface area (Å²) in [6.07, 6.45) is 0. The zero-order chi connectivity index (χ0) is 2.00. The van der Waals surface area contributed by atoms with Crippen LogP contribution in [0.4, 0.5) is 0 Å². The van der Waals surface area contributed by atoms with Gasteiger partial charge < -0.3 is 24.8 Å². The van der Waals surface area contributed by atoms with Crippen molar-refractivity contribution in [2.24, 2.45) is 0 Å². The van der Waals surface area contributed by atoms with Crippen LogP contribution in [0, 0.1) is 0 Å². The molecule has 0 aliphatic rings. The van der Waals surface area contributed by atoms with Gasteiger partial charge in [-0.1, -0.05) is 0 Å². The molecule has 5 heavy (non-hydrogen) atoms. The van der Waals surface area contributed by atoms with Gasteiger partial charge in [0.15, 0.2) is 0 Å². The largest absolute Gasteiger partial charge is 2.00 e. The minimum absolute atomic E-state index is 0. The van der Waals surface area contributed by atoms with Crippen LogP contribution in [-0.4, -0.2) is 23.1 Å². The topological polar surface area (TPSA) is 0 Å². The van der Waals surface area contributed by atoms with Crippen molar-refractivity contribution in [2.45, 2.75) is 0 Å². The molecular weight excluding hydrogens is 187 g/mol. The first-order chi connectivity index (χ1) is 1.00. The van der Waals surface area contributed by atoms with E-state index < -0.39 is 0 Å². The summed E-state index contributed by atoms with van der Waals surface area (Å²) in [6.45, 7) is 0. The van der Waals surface area contributed by atoms with E-state index >= 15 is 0 Å². The molecule has 0 heterocycles. The van der Waals surface area contributed by atoms with Gasteiger partial charge in [0.25, 0.3) is 0 Å². The van der Waals surface area contributed by atoms with Crippen LogP contribution in [0.2, 0.25) is 0 Å². The Morgan fingerprint density at radius 2 is 1.00 bits per heavy atom. The Hall–Kier alpha value is 2.16. The fourth-order valence-corrected chi connectivity index (χ4v) is 0. The minimum atomic E-state index is 0. The molecule has 0 aliphatic heterocycles. The van der Waals surface area contributed by atoms with Crippen LogP contribution in [-0.2, 0) is 15.1 Å². The molecule has 0 fully saturated rings. The smallest absolute Gasteiger partial charge is 2.00 e. The fraction of sp³-hybridized carbons (Fsp3) is 0. The van der Waals surface area contributed by atoms with E-state index in [0.717, 1.165) is 0 Å². The van der Waals surface area contributed by atoms with Crippen molar-refractivity contribution in [3.63, 3.8) is 0 Å². The van der Waals surface area contributed by atoms with Crippen molar-refractivity contribution in [1.82, 2.24) is 0 Å². The first kappa shape index (κ1) is 27.2. The van der Waals surface area contributed by atoms with Crippen molar-refractivity contribution in [2.75, 3.05) is 0 Å². The van der Waals surface area contributed by atoms with Crippen molar-refractivity contribution in [1.29, 1.82) is 0 Å². The molecule has 0 rings (SSSR count). The average molecular weight is 187 g/mol. The van der Waals surface area contributed by atoms with E-state index in [4.69, 9.17) is 0 Å². The molecule has 0 bridgehead atoms. The van der Waals surface area contributed by atoms with E-state index in [-0.39, 0.29) is 47.9 Å². The zero-order valence-corrected chi connectivity index (χ0v) is 6.98. The SMILES string of the molecule is [Cl-].[Cl-].[Cl][Fe].[Mg+2]. The summed E-state index contributed by atoms with van der Waals surface area (Å²) in [5.74, 6) is 0. The Kier molecular flexibility index (Phi) is 192. The first-order valence-electron chi connectivity index (χ1n) is 0.134. The van der Waals surface area contributed by atoms with E-state index in [9.17, 15) is 0 Å². The average Bonchev–Trinajstić information content (AvgIpc) is 1.00.